The fourth-order valence-electron chi connectivity index (χ4n) is 2.06. The van der Waals surface area contributed by atoms with Crippen molar-refractivity contribution in [2.45, 2.75) is 25.5 Å². The van der Waals surface area contributed by atoms with Gasteiger partial charge < -0.3 is 15.7 Å². The summed E-state index contributed by atoms with van der Waals surface area (Å²) in [6.07, 6.45) is 0.246. The zero-order valence-electron chi connectivity index (χ0n) is 9.97. The summed E-state index contributed by atoms with van der Waals surface area (Å²) in [5.41, 5.74) is 7.91. The lowest BCUT2D eigenvalue weighted by Gasteiger charge is -2.20. The summed E-state index contributed by atoms with van der Waals surface area (Å²) in [5.74, 6) is -0.106. The number of aryl methyl sites for hydroxylation is 1. The van der Waals surface area contributed by atoms with E-state index < -0.39 is 12.1 Å². The Kier molecular flexibility index (Phi) is 3.45. The van der Waals surface area contributed by atoms with E-state index in [1.807, 2.05) is 31.2 Å². The van der Waals surface area contributed by atoms with Crippen molar-refractivity contribution in [2.75, 3.05) is 13.1 Å². The summed E-state index contributed by atoms with van der Waals surface area (Å²) >= 11 is 0. The van der Waals surface area contributed by atoms with E-state index in [4.69, 9.17) is 5.73 Å². The quantitative estimate of drug-likeness (QED) is 0.787. The van der Waals surface area contributed by atoms with E-state index in [0.29, 0.717) is 19.5 Å². The first-order chi connectivity index (χ1) is 8.08. The minimum atomic E-state index is -0.624. The molecule has 1 aromatic rings. The monoisotopic (exact) mass is 234 g/mol. The maximum absolute atomic E-state index is 12.1. The number of carbonyl (C=O) groups is 1. The van der Waals surface area contributed by atoms with Gasteiger partial charge in [0.15, 0.2) is 0 Å². The summed E-state index contributed by atoms with van der Waals surface area (Å²) in [5, 5.41) is 9.40. The third-order valence-corrected chi connectivity index (χ3v) is 3.18. The number of benzene rings is 1. The molecule has 1 aliphatic rings. The maximum Gasteiger partial charge on any atom is 0.244 e. The minimum Gasteiger partial charge on any atom is -0.391 e. The molecule has 2 atom stereocenters. The Labute approximate surface area is 101 Å². The molecule has 1 amide bonds. The van der Waals surface area contributed by atoms with Gasteiger partial charge >= 0.3 is 0 Å². The van der Waals surface area contributed by atoms with Gasteiger partial charge in [-0.25, -0.2) is 0 Å². The second-order valence-electron chi connectivity index (χ2n) is 4.62. The average Bonchev–Trinajstić information content (AvgIpc) is 2.75. The number of rotatable bonds is 2. The Hall–Kier alpha value is -1.39. The Morgan fingerprint density at radius 3 is 2.65 bits per heavy atom. The molecule has 0 radical (unpaired) electrons. The molecule has 0 spiro atoms. The highest BCUT2D eigenvalue weighted by Gasteiger charge is 2.28. The molecule has 4 nitrogen and oxygen atoms in total. The van der Waals surface area contributed by atoms with Crippen LogP contribution in [0.1, 0.15) is 23.6 Å². The van der Waals surface area contributed by atoms with Gasteiger partial charge in [-0.05, 0) is 18.9 Å². The first-order valence-corrected chi connectivity index (χ1v) is 5.87. The van der Waals surface area contributed by atoms with Gasteiger partial charge in [-0.3, -0.25) is 4.79 Å². The van der Waals surface area contributed by atoms with E-state index in [-0.39, 0.29) is 5.91 Å². The number of nitrogens with zero attached hydrogens (tertiary/aromatic N) is 1. The molecular formula is C13H18N2O2. The minimum absolute atomic E-state index is 0.106. The van der Waals surface area contributed by atoms with Crippen LogP contribution in [0.15, 0.2) is 24.3 Å². The molecule has 1 aromatic carbocycles. The maximum atomic E-state index is 12.1. The fraction of sp³-hybridized carbons (Fsp3) is 0.462. The van der Waals surface area contributed by atoms with Crippen molar-refractivity contribution in [3.63, 3.8) is 0 Å². The molecule has 2 rings (SSSR count). The molecule has 17 heavy (non-hydrogen) atoms. The first kappa shape index (κ1) is 12.1. The van der Waals surface area contributed by atoms with Crippen molar-refractivity contribution < 1.29 is 9.90 Å². The van der Waals surface area contributed by atoms with Gasteiger partial charge in [-0.15, -0.1) is 0 Å². The third kappa shape index (κ3) is 2.65. The molecule has 0 saturated carbocycles. The zero-order valence-corrected chi connectivity index (χ0v) is 9.97. The zero-order chi connectivity index (χ0) is 12.4. The number of nitrogens with two attached hydrogens (primary N) is 1. The molecule has 0 aliphatic carbocycles. The number of hydrogen-bond donors (Lipinski definition) is 2. The van der Waals surface area contributed by atoms with Crippen LogP contribution >= 0.6 is 0 Å². The van der Waals surface area contributed by atoms with Gasteiger partial charge in [-0.2, -0.15) is 0 Å². The molecular weight excluding hydrogens is 216 g/mol. The van der Waals surface area contributed by atoms with Crippen molar-refractivity contribution >= 4 is 5.91 Å². The lowest BCUT2D eigenvalue weighted by Crippen LogP contribution is -2.37. The topological polar surface area (TPSA) is 66.6 Å². The summed E-state index contributed by atoms with van der Waals surface area (Å²) in [4.78, 5) is 13.7. The second kappa shape index (κ2) is 4.85. The average molecular weight is 234 g/mol. The van der Waals surface area contributed by atoms with Crippen molar-refractivity contribution in [3.05, 3.63) is 35.4 Å². The van der Waals surface area contributed by atoms with Crippen molar-refractivity contribution in [2.24, 2.45) is 5.73 Å². The van der Waals surface area contributed by atoms with Gasteiger partial charge in [0.1, 0.15) is 6.04 Å². The molecule has 0 bridgehead atoms. The lowest BCUT2D eigenvalue weighted by atomic mass is 10.1. The largest absolute Gasteiger partial charge is 0.391 e. The van der Waals surface area contributed by atoms with Crippen LogP contribution in [0, 0.1) is 6.92 Å². The number of hydrogen-bond acceptors (Lipinski definition) is 3. The van der Waals surface area contributed by atoms with Crippen LogP contribution in [0.2, 0.25) is 0 Å². The van der Waals surface area contributed by atoms with Crippen LogP contribution in [0.3, 0.4) is 0 Å². The molecule has 1 unspecified atom stereocenters. The molecule has 3 N–H and O–H groups in total. The number of aliphatic hydroxyl groups excluding tert-OH is 1. The number of β-amino-alcohol motifs (C(OH)–C–C–N with tert-alkyl or cyclic N) is 1. The SMILES string of the molecule is Cc1ccc(C(N)C(=O)N2CC[C@H](O)C2)cc1. The number of likely N-dealkylation sites (tertiary alicyclic amines) is 1. The van der Waals surface area contributed by atoms with Crippen LogP contribution in [-0.4, -0.2) is 35.1 Å². The van der Waals surface area contributed by atoms with Crippen LogP contribution in [0.5, 0.6) is 0 Å². The van der Waals surface area contributed by atoms with Crippen molar-refractivity contribution in [1.29, 1.82) is 0 Å². The van der Waals surface area contributed by atoms with E-state index in [9.17, 15) is 9.90 Å². The highest BCUT2D eigenvalue weighted by atomic mass is 16.3. The predicted molar refractivity (Wildman–Crippen MR) is 65.3 cm³/mol. The van der Waals surface area contributed by atoms with E-state index in [1.54, 1.807) is 4.90 Å². The first-order valence-electron chi connectivity index (χ1n) is 5.87. The standard InChI is InChI=1S/C13H18N2O2/c1-9-2-4-10(5-3-9)12(14)13(17)15-7-6-11(16)8-15/h2-5,11-12,16H,6-8,14H2,1H3/t11-,12?/m0/s1. The number of carbonyl (C=O) groups excluding carboxylic acids is 1. The molecule has 1 fully saturated rings. The smallest absolute Gasteiger partial charge is 0.244 e. The molecule has 1 saturated heterocycles. The highest BCUT2D eigenvalue weighted by Crippen LogP contribution is 2.17. The molecule has 4 heteroatoms. The molecule has 0 aromatic heterocycles. The normalized spacial score (nSPS) is 21.6. The van der Waals surface area contributed by atoms with E-state index in [2.05, 4.69) is 0 Å². The Morgan fingerprint density at radius 1 is 1.47 bits per heavy atom. The summed E-state index contributed by atoms with van der Waals surface area (Å²) in [7, 11) is 0. The predicted octanol–water partition coefficient (Wildman–Crippen LogP) is 0.588. The van der Waals surface area contributed by atoms with E-state index >= 15 is 0 Å². The summed E-state index contributed by atoms with van der Waals surface area (Å²) in [6, 6.07) is 7.03. The Morgan fingerprint density at radius 2 is 2.12 bits per heavy atom. The molecule has 1 aliphatic heterocycles. The van der Waals surface area contributed by atoms with Gasteiger partial charge in [0, 0.05) is 13.1 Å². The van der Waals surface area contributed by atoms with Gasteiger partial charge in [0.25, 0.3) is 0 Å². The van der Waals surface area contributed by atoms with E-state index in [0.717, 1.165) is 11.1 Å². The van der Waals surface area contributed by atoms with Crippen LogP contribution in [0.25, 0.3) is 0 Å². The fourth-order valence-corrected chi connectivity index (χ4v) is 2.06. The summed E-state index contributed by atoms with van der Waals surface area (Å²) < 4.78 is 0. The van der Waals surface area contributed by atoms with Crippen LogP contribution in [-0.2, 0) is 4.79 Å². The van der Waals surface area contributed by atoms with Crippen molar-refractivity contribution in [3.8, 4) is 0 Å². The molecule has 92 valence electrons. The highest BCUT2D eigenvalue weighted by molar-refractivity contribution is 5.83. The van der Waals surface area contributed by atoms with Gasteiger partial charge in [0.2, 0.25) is 5.91 Å². The van der Waals surface area contributed by atoms with Crippen LogP contribution in [0.4, 0.5) is 0 Å². The Balaban J connectivity index is 2.06. The van der Waals surface area contributed by atoms with Gasteiger partial charge in [0.05, 0.1) is 6.10 Å². The Bertz CT molecular complexity index is 402. The number of amides is 1. The van der Waals surface area contributed by atoms with E-state index in [1.165, 1.54) is 0 Å². The number of aliphatic hydroxyl groups is 1. The second-order valence-corrected chi connectivity index (χ2v) is 4.62. The van der Waals surface area contributed by atoms with Gasteiger partial charge in [-0.1, -0.05) is 29.8 Å². The van der Waals surface area contributed by atoms with Crippen LogP contribution < -0.4 is 5.73 Å². The van der Waals surface area contributed by atoms with Crippen molar-refractivity contribution in [1.82, 2.24) is 4.90 Å². The lowest BCUT2D eigenvalue weighted by molar-refractivity contribution is -0.132. The summed E-state index contributed by atoms with van der Waals surface area (Å²) in [6.45, 7) is 2.99. The molecule has 1 heterocycles. The third-order valence-electron chi connectivity index (χ3n) is 3.18.